The van der Waals surface area contributed by atoms with Crippen LogP contribution in [0.4, 0.5) is 0 Å². The lowest BCUT2D eigenvalue weighted by atomic mass is 10.3. The Hall–Kier alpha value is -0.720. The van der Waals surface area contributed by atoms with Crippen molar-refractivity contribution in [2.45, 2.75) is 12.8 Å². The summed E-state index contributed by atoms with van der Waals surface area (Å²) in [4.78, 5) is 82.4. The molecule has 24 heavy (non-hydrogen) atoms. The summed E-state index contributed by atoms with van der Waals surface area (Å²) < 4.78 is 44.7. The van der Waals surface area contributed by atoms with Crippen molar-refractivity contribution in [2.75, 3.05) is 0 Å². The van der Waals surface area contributed by atoms with E-state index < -0.39 is 56.9 Å². The molecule has 0 aromatic heterocycles. The van der Waals surface area contributed by atoms with Crippen LogP contribution >= 0.6 is 32.2 Å². The van der Waals surface area contributed by atoms with Crippen molar-refractivity contribution in [3.63, 3.8) is 0 Å². The first-order valence-corrected chi connectivity index (χ1v) is 10.1. The molecule has 142 valence electrons. The van der Waals surface area contributed by atoms with Gasteiger partial charge in [-0.25, -0.2) is 9.13 Å². The maximum absolute atomic E-state index is 10.6. The van der Waals surface area contributed by atoms with Gasteiger partial charge in [0.2, 0.25) is 0 Å². The first-order chi connectivity index (χ1) is 10.5. The molecule has 0 rings (SSSR count). The molecule has 0 amide bonds. The van der Waals surface area contributed by atoms with Crippen LogP contribution in [0.3, 0.4) is 0 Å². The summed E-state index contributed by atoms with van der Waals surface area (Å²) in [5.41, 5.74) is 0. The Morgan fingerprint density at radius 3 is 1.00 bits per heavy atom. The van der Waals surface area contributed by atoms with Gasteiger partial charge in [0.25, 0.3) is 0 Å². The minimum Gasteiger partial charge on any atom is -0.371 e. The van der Waals surface area contributed by atoms with Crippen LogP contribution in [0.1, 0.15) is 12.8 Å². The molecule has 0 radical (unpaired) electrons. The van der Waals surface area contributed by atoms with Crippen LogP contribution in [-0.4, -0.2) is 51.1 Å². The van der Waals surface area contributed by atoms with E-state index in [9.17, 15) is 18.7 Å². The second kappa shape index (κ2) is 13.6. The summed E-state index contributed by atoms with van der Waals surface area (Å²) in [5, 5.41) is 0. The minimum absolute atomic E-state index is 0.774. The van der Waals surface area contributed by atoms with Crippen LogP contribution < -0.4 is 0 Å². The highest BCUT2D eigenvalue weighted by Gasteiger charge is 2.24. The van der Waals surface area contributed by atoms with Crippen LogP contribution in [0.2, 0.25) is 0 Å². The van der Waals surface area contributed by atoms with Crippen LogP contribution in [-0.2, 0) is 36.9 Å². The van der Waals surface area contributed by atoms with E-state index in [0.29, 0.717) is 0 Å². The van der Waals surface area contributed by atoms with Gasteiger partial charge >= 0.3 is 44.1 Å². The van der Waals surface area contributed by atoms with Gasteiger partial charge in [-0.2, -0.15) is 0 Å². The molecular formula is C4H12O16P4+2. The van der Waals surface area contributed by atoms with Gasteiger partial charge in [0, 0.05) is 9.13 Å². The average molecular weight is 440 g/mol. The molecule has 0 unspecified atom stereocenters. The molecule has 0 saturated heterocycles. The first kappa shape index (κ1) is 28.1. The molecule has 0 fully saturated rings. The number of phosphoric acid groups is 2. The Kier molecular flexibility index (Phi) is 15.9. The second-order valence-electron chi connectivity index (χ2n) is 2.91. The van der Waals surface area contributed by atoms with E-state index >= 15 is 0 Å². The van der Waals surface area contributed by atoms with Gasteiger partial charge in [-0.1, -0.05) is 0 Å². The number of rotatable bonds is 5. The first-order valence-electron chi connectivity index (χ1n) is 4.72. The number of hydrogen-bond acceptors (Lipinski definition) is 8. The van der Waals surface area contributed by atoms with E-state index in [1.54, 1.807) is 0 Å². The molecule has 0 saturated carbocycles. The average Bonchev–Trinajstić information content (AvgIpc) is 2.19. The van der Waals surface area contributed by atoms with Gasteiger partial charge in [0.15, 0.2) is 0 Å². The van der Waals surface area contributed by atoms with E-state index in [1.165, 1.54) is 0 Å². The Labute approximate surface area is 134 Å². The standard InChI is InChI=1S/C4H8O10P2.2HO3P/c5-3(13-15(7,8)9)1-2-4(6)14-16(10,11)12;2*1-4(2)3/h1-2H2,(H2,7,8,9)(H2,10,11,12);2*(H-,1,2,3)/p+2. The highest BCUT2D eigenvalue weighted by molar-refractivity contribution is 7.47. The minimum atomic E-state index is -4.98. The molecule has 0 aliphatic carbocycles. The fourth-order valence-corrected chi connectivity index (χ4v) is 1.27. The SMILES string of the molecule is O=C(CCC(=O)OP(=O)(O)O)OP(=O)(O)O.O=[P+](O)O.O=[P+](O)O. The monoisotopic (exact) mass is 440 g/mol. The third-order valence-corrected chi connectivity index (χ3v) is 1.86. The highest BCUT2D eigenvalue weighted by Crippen LogP contribution is 2.37. The smallest absolute Gasteiger partial charge is 0.371 e. The normalized spacial score (nSPS) is 10.2. The van der Waals surface area contributed by atoms with E-state index in [-0.39, 0.29) is 0 Å². The third kappa shape index (κ3) is 42.9. The zero-order valence-electron chi connectivity index (χ0n) is 11.0. The van der Waals surface area contributed by atoms with E-state index in [0.717, 1.165) is 0 Å². The molecule has 8 N–H and O–H groups in total. The molecule has 0 aromatic carbocycles. The summed E-state index contributed by atoms with van der Waals surface area (Å²) in [6.45, 7) is 0. The van der Waals surface area contributed by atoms with Crippen molar-refractivity contribution < 1.29 is 76.0 Å². The van der Waals surface area contributed by atoms with Gasteiger partial charge in [-0.05, 0) is 0 Å². The number of carbonyl (C=O) groups excluding carboxylic acids is 2. The quantitative estimate of drug-likeness (QED) is 0.221. The van der Waals surface area contributed by atoms with Crippen LogP contribution in [0, 0.1) is 0 Å². The van der Waals surface area contributed by atoms with Crippen LogP contribution in [0.5, 0.6) is 0 Å². The molecule has 0 atom stereocenters. The lowest BCUT2D eigenvalue weighted by Gasteiger charge is -2.06. The molecule has 0 heterocycles. The van der Waals surface area contributed by atoms with Gasteiger partial charge < -0.3 is 9.05 Å². The van der Waals surface area contributed by atoms with Crippen molar-refractivity contribution in [1.82, 2.24) is 0 Å². The molecule has 0 aromatic rings. The fourth-order valence-electron chi connectivity index (χ4n) is 0.561. The highest BCUT2D eigenvalue weighted by atomic mass is 31.2. The van der Waals surface area contributed by atoms with Crippen molar-refractivity contribution in [3.8, 4) is 0 Å². The number of carbonyl (C=O) groups is 2. The third-order valence-electron chi connectivity index (χ3n) is 0.975. The van der Waals surface area contributed by atoms with Gasteiger partial charge in [-0.3, -0.25) is 29.2 Å². The van der Waals surface area contributed by atoms with Crippen LogP contribution in [0.15, 0.2) is 0 Å². The Morgan fingerprint density at radius 1 is 0.708 bits per heavy atom. The van der Waals surface area contributed by atoms with E-state index in [1.807, 2.05) is 0 Å². The summed E-state index contributed by atoms with van der Waals surface area (Å²) in [6.07, 6.45) is -1.55. The topological polar surface area (TPSA) is 283 Å². The molecule has 0 bridgehead atoms. The molecule has 0 spiro atoms. The summed E-state index contributed by atoms with van der Waals surface area (Å²) in [6, 6.07) is 0. The molecule has 0 aliphatic heterocycles. The zero-order valence-corrected chi connectivity index (χ0v) is 14.6. The summed E-state index contributed by atoms with van der Waals surface area (Å²) in [5.74, 6) is -2.79. The summed E-state index contributed by atoms with van der Waals surface area (Å²) in [7, 11) is -15.7. The van der Waals surface area contributed by atoms with Crippen molar-refractivity contribution in [1.29, 1.82) is 0 Å². The predicted molar refractivity (Wildman–Crippen MR) is 69.6 cm³/mol. The molecule has 20 heteroatoms. The molecule has 0 aliphatic rings. The maximum Gasteiger partial charge on any atom is 0.692 e. The number of phosphoric ester groups is 2. The largest absolute Gasteiger partial charge is 0.692 e. The van der Waals surface area contributed by atoms with E-state index in [2.05, 4.69) is 9.05 Å². The Morgan fingerprint density at radius 2 is 0.875 bits per heavy atom. The van der Waals surface area contributed by atoms with Gasteiger partial charge in [0.1, 0.15) is 0 Å². The zero-order chi connectivity index (χ0) is 20.1. The lowest BCUT2D eigenvalue weighted by molar-refractivity contribution is -0.142. The fraction of sp³-hybridized carbons (Fsp3) is 0.500. The van der Waals surface area contributed by atoms with Crippen LogP contribution in [0.25, 0.3) is 0 Å². The van der Waals surface area contributed by atoms with Gasteiger partial charge in [0.05, 0.1) is 12.8 Å². The second-order valence-corrected chi connectivity index (χ2v) is 6.25. The number of hydrogen-bond donors (Lipinski definition) is 8. The lowest BCUT2D eigenvalue weighted by Crippen LogP contribution is -2.08. The van der Waals surface area contributed by atoms with Crippen molar-refractivity contribution in [3.05, 3.63) is 0 Å². The predicted octanol–water partition coefficient (Wildman–Crippen LogP) is -1.70. The van der Waals surface area contributed by atoms with Crippen molar-refractivity contribution in [2.24, 2.45) is 0 Å². The summed E-state index contributed by atoms with van der Waals surface area (Å²) >= 11 is 0. The molecular weight excluding hydrogens is 428 g/mol. The Bertz CT molecular complexity index is 470. The Balaban J connectivity index is -0.000000457. The maximum atomic E-state index is 10.6. The van der Waals surface area contributed by atoms with Crippen molar-refractivity contribution >= 4 is 44.1 Å². The van der Waals surface area contributed by atoms with Gasteiger partial charge in [-0.15, -0.1) is 19.6 Å². The molecule has 16 nitrogen and oxygen atoms in total. The van der Waals surface area contributed by atoms with E-state index in [4.69, 9.17) is 48.3 Å².